The fraction of sp³-hybridized carbons (Fsp3) is 0.826. The Hall–Kier alpha value is -1.12. The lowest BCUT2D eigenvalue weighted by atomic mass is 9.47. The van der Waals surface area contributed by atoms with E-state index >= 15 is 0 Å². The van der Waals surface area contributed by atoms with Crippen molar-refractivity contribution in [3.05, 3.63) is 11.6 Å². The Morgan fingerprint density at radius 1 is 1.04 bits per heavy atom. The van der Waals surface area contributed by atoms with Crippen LogP contribution in [0.5, 0.6) is 0 Å². The summed E-state index contributed by atoms with van der Waals surface area (Å²) in [6.45, 7) is 8.21. The molecular weight excluding hydrogens is 324 g/mol. The Bertz CT molecular complexity index is 650. The maximum absolute atomic E-state index is 12.2. The summed E-state index contributed by atoms with van der Waals surface area (Å²) in [5, 5.41) is 0. The first-order chi connectivity index (χ1) is 12.3. The van der Waals surface area contributed by atoms with Gasteiger partial charge in [0, 0.05) is 19.3 Å². The summed E-state index contributed by atoms with van der Waals surface area (Å²) in [7, 11) is 0. The molecule has 4 rings (SSSR count). The van der Waals surface area contributed by atoms with E-state index < -0.39 is 0 Å². The van der Waals surface area contributed by atoms with Crippen LogP contribution in [0.15, 0.2) is 11.6 Å². The molecule has 3 fully saturated rings. The lowest BCUT2D eigenvalue weighted by Crippen LogP contribution is -2.51. The van der Waals surface area contributed by atoms with Crippen molar-refractivity contribution >= 4 is 11.8 Å². The highest BCUT2D eigenvalue weighted by Crippen LogP contribution is 2.66. The molecule has 0 heterocycles. The smallest absolute Gasteiger partial charge is 0.302 e. The molecule has 0 aromatic heterocycles. The van der Waals surface area contributed by atoms with Gasteiger partial charge in [-0.2, -0.15) is 0 Å². The molecule has 3 saturated carbocycles. The summed E-state index contributed by atoms with van der Waals surface area (Å²) in [4.78, 5) is 23.6. The van der Waals surface area contributed by atoms with E-state index in [4.69, 9.17) is 4.74 Å². The Balaban J connectivity index is 1.59. The number of Topliss-reactive ketones (excluding diaryl/α,β-unsaturated/α-hetero) is 1. The first kappa shape index (κ1) is 18.3. The SMILES string of the molecule is CC(=O)O[C@H]1CC[C@@]2(C)C(=CC[C@@H]3[C@H]2CC[C@]2(C)[C@@H](C(C)=O)CC[C@@H]32)C1. The maximum atomic E-state index is 12.2. The van der Waals surface area contributed by atoms with Crippen LogP contribution in [0.4, 0.5) is 0 Å². The first-order valence-electron chi connectivity index (χ1n) is 10.6. The summed E-state index contributed by atoms with van der Waals surface area (Å²) in [5.74, 6) is 2.72. The van der Waals surface area contributed by atoms with E-state index in [2.05, 4.69) is 19.9 Å². The van der Waals surface area contributed by atoms with Crippen molar-refractivity contribution in [1.29, 1.82) is 0 Å². The van der Waals surface area contributed by atoms with Crippen molar-refractivity contribution in [2.45, 2.75) is 85.2 Å². The quantitative estimate of drug-likeness (QED) is 0.510. The Kier molecular flexibility index (Phi) is 4.36. The first-order valence-corrected chi connectivity index (χ1v) is 10.6. The zero-order valence-corrected chi connectivity index (χ0v) is 16.8. The molecule has 144 valence electrons. The van der Waals surface area contributed by atoms with E-state index in [1.54, 1.807) is 12.5 Å². The van der Waals surface area contributed by atoms with E-state index in [0.29, 0.717) is 11.7 Å². The topological polar surface area (TPSA) is 43.4 Å². The fourth-order valence-electron chi connectivity index (χ4n) is 7.63. The van der Waals surface area contributed by atoms with Gasteiger partial charge in [-0.05, 0) is 80.5 Å². The van der Waals surface area contributed by atoms with Gasteiger partial charge in [-0.1, -0.05) is 25.5 Å². The van der Waals surface area contributed by atoms with Crippen LogP contribution < -0.4 is 0 Å². The van der Waals surface area contributed by atoms with Gasteiger partial charge in [0.25, 0.3) is 0 Å². The zero-order valence-electron chi connectivity index (χ0n) is 16.8. The van der Waals surface area contributed by atoms with Crippen molar-refractivity contribution in [2.24, 2.45) is 34.5 Å². The highest BCUT2D eigenvalue weighted by molar-refractivity contribution is 5.79. The molecule has 0 spiro atoms. The predicted octanol–water partition coefficient (Wildman–Crippen LogP) is 5.09. The molecule has 7 atom stereocenters. The highest BCUT2D eigenvalue weighted by Gasteiger charge is 2.59. The number of rotatable bonds is 2. The van der Waals surface area contributed by atoms with E-state index in [1.165, 1.54) is 26.2 Å². The van der Waals surface area contributed by atoms with Crippen molar-refractivity contribution in [2.75, 3.05) is 0 Å². The monoisotopic (exact) mass is 358 g/mol. The molecule has 0 saturated heterocycles. The summed E-state index contributed by atoms with van der Waals surface area (Å²) in [5.41, 5.74) is 2.04. The molecule has 26 heavy (non-hydrogen) atoms. The lowest BCUT2D eigenvalue weighted by Gasteiger charge is -2.58. The lowest BCUT2D eigenvalue weighted by molar-refractivity contribution is -0.149. The van der Waals surface area contributed by atoms with Crippen LogP contribution in [0, 0.1) is 34.5 Å². The van der Waals surface area contributed by atoms with Crippen molar-refractivity contribution in [3.8, 4) is 0 Å². The van der Waals surface area contributed by atoms with Crippen LogP contribution in [-0.2, 0) is 14.3 Å². The van der Waals surface area contributed by atoms with Crippen LogP contribution >= 0.6 is 0 Å². The van der Waals surface area contributed by atoms with E-state index in [9.17, 15) is 9.59 Å². The Labute approximate surface area is 157 Å². The molecule has 0 bridgehead atoms. The summed E-state index contributed by atoms with van der Waals surface area (Å²) in [6.07, 6.45) is 11.6. The second-order valence-electron chi connectivity index (χ2n) is 10.0. The van der Waals surface area contributed by atoms with Gasteiger partial charge in [-0.3, -0.25) is 9.59 Å². The third-order valence-corrected chi connectivity index (χ3v) is 8.88. The zero-order chi connectivity index (χ0) is 18.7. The number of hydrogen-bond donors (Lipinski definition) is 0. The molecule has 0 radical (unpaired) electrons. The minimum Gasteiger partial charge on any atom is -0.462 e. The van der Waals surface area contributed by atoms with Crippen molar-refractivity contribution in [1.82, 2.24) is 0 Å². The van der Waals surface area contributed by atoms with Crippen LogP contribution in [0.1, 0.15) is 79.1 Å². The summed E-state index contributed by atoms with van der Waals surface area (Å²) in [6, 6.07) is 0. The van der Waals surface area contributed by atoms with E-state index in [1.807, 2.05) is 0 Å². The molecule has 0 aliphatic heterocycles. The number of allylic oxidation sites excluding steroid dienone is 1. The van der Waals surface area contributed by atoms with Gasteiger partial charge >= 0.3 is 5.97 Å². The number of carbonyl (C=O) groups is 2. The van der Waals surface area contributed by atoms with Crippen LogP contribution in [0.2, 0.25) is 0 Å². The molecule has 4 aliphatic rings. The maximum Gasteiger partial charge on any atom is 0.302 e. The van der Waals surface area contributed by atoms with Gasteiger partial charge in [-0.25, -0.2) is 0 Å². The van der Waals surface area contributed by atoms with E-state index in [0.717, 1.165) is 43.9 Å². The van der Waals surface area contributed by atoms with Gasteiger partial charge in [0.15, 0.2) is 0 Å². The van der Waals surface area contributed by atoms with Crippen LogP contribution in [0.3, 0.4) is 0 Å². The third-order valence-electron chi connectivity index (χ3n) is 8.88. The Morgan fingerprint density at radius 3 is 2.50 bits per heavy atom. The molecule has 3 nitrogen and oxygen atoms in total. The normalized spacial score (nSPS) is 47.2. The van der Waals surface area contributed by atoms with Gasteiger partial charge in [-0.15, -0.1) is 0 Å². The Morgan fingerprint density at radius 2 is 1.81 bits per heavy atom. The number of fused-ring (bicyclic) bond motifs is 5. The average molecular weight is 359 g/mol. The molecular formula is C23H34O3. The standard InChI is InChI=1S/C23H34O3/c1-14(24)19-7-8-20-18-6-5-16-13-17(26-15(2)25)9-11-22(16,3)21(18)10-12-23(19,20)4/h5,17-21H,6-13H2,1-4H3/t17-,18-,19+,20-,21+,22-,23+/m0/s1. The molecule has 3 heteroatoms. The molecule has 4 aliphatic carbocycles. The molecule has 0 amide bonds. The minimum absolute atomic E-state index is 0.0748. The van der Waals surface area contributed by atoms with Crippen molar-refractivity contribution < 1.29 is 14.3 Å². The second kappa shape index (κ2) is 6.21. The largest absolute Gasteiger partial charge is 0.462 e. The molecule has 0 unspecified atom stereocenters. The van der Waals surface area contributed by atoms with Crippen molar-refractivity contribution in [3.63, 3.8) is 0 Å². The average Bonchev–Trinajstić information content (AvgIpc) is 2.92. The second-order valence-corrected chi connectivity index (χ2v) is 10.0. The number of ketones is 1. The number of hydrogen-bond acceptors (Lipinski definition) is 3. The summed E-state index contributed by atoms with van der Waals surface area (Å²) >= 11 is 0. The molecule has 0 aromatic rings. The molecule has 0 aromatic carbocycles. The molecule has 0 N–H and O–H groups in total. The van der Waals surface area contributed by atoms with Crippen LogP contribution in [0.25, 0.3) is 0 Å². The number of ether oxygens (including phenoxy) is 1. The number of esters is 1. The fourth-order valence-corrected chi connectivity index (χ4v) is 7.63. The highest BCUT2D eigenvalue weighted by atomic mass is 16.5. The third kappa shape index (κ3) is 2.60. The van der Waals surface area contributed by atoms with Gasteiger partial charge in [0.2, 0.25) is 0 Å². The van der Waals surface area contributed by atoms with Gasteiger partial charge in [0.1, 0.15) is 11.9 Å². The van der Waals surface area contributed by atoms with Gasteiger partial charge in [0.05, 0.1) is 0 Å². The predicted molar refractivity (Wildman–Crippen MR) is 101 cm³/mol. The van der Waals surface area contributed by atoms with E-state index in [-0.39, 0.29) is 28.8 Å². The van der Waals surface area contributed by atoms with Gasteiger partial charge < -0.3 is 4.74 Å². The minimum atomic E-state index is -0.150. The van der Waals surface area contributed by atoms with Crippen LogP contribution in [-0.4, -0.2) is 17.9 Å². The summed E-state index contributed by atoms with van der Waals surface area (Å²) < 4.78 is 5.53. The number of carbonyl (C=O) groups excluding carboxylic acids is 2.